The summed E-state index contributed by atoms with van der Waals surface area (Å²) in [4.78, 5) is 5.61. The Morgan fingerprint density at radius 3 is 0.944 bits per heavy atom. The van der Waals surface area contributed by atoms with Gasteiger partial charge in [-0.05, 0) is 74.2 Å². The SMILES string of the molecule is Cc1cc2c(cc1C)Sc1cc(C)c(C)cc1S2. The molecule has 0 nitrogen and oxygen atoms in total. The summed E-state index contributed by atoms with van der Waals surface area (Å²) in [5, 5.41) is 0. The lowest BCUT2D eigenvalue weighted by atomic mass is 10.1. The molecule has 1 aliphatic rings. The van der Waals surface area contributed by atoms with Gasteiger partial charge in [0.15, 0.2) is 0 Å². The maximum atomic E-state index is 2.32. The monoisotopic (exact) mass is 272 g/mol. The first-order valence-electron chi connectivity index (χ1n) is 6.13. The molecular formula is C16H16S2. The van der Waals surface area contributed by atoms with Gasteiger partial charge in [0.2, 0.25) is 0 Å². The van der Waals surface area contributed by atoms with Crippen LogP contribution in [0.1, 0.15) is 22.3 Å². The first kappa shape index (κ1) is 12.2. The molecule has 0 fully saturated rings. The second kappa shape index (κ2) is 4.36. The average molecular weight is 272 g/mol. The van der Waals surface area contributed by atoms with E-state index in [1.54, 1.807) is 0 Å². The molecule has 0 spiro atoms. The lowest BCUT2D eigenvalue weighted by Gasteiger charge is -2.21. The van der Waals surface area contributed by atoms with Gasteiger partial charge in [0, 0.05) is 19.6 Å². The highest BCUT2D eigenvalue weighted by Gasteiger charge is 2.18. The maximum absolute atomic E-state index is 2.32. The van der Waals surface area contributed by atoms with Gasteiger partial charge >= 0.3 is 0 Å². The van der Waals surface area contributed by atoms with Gasteiger partial charge < -0.3 is 0 Å². The molecule has 18 heavy (non-hydrogen) atoms. The van der Waals surface area contributed by atoms with Crippen molar-refractivity contribution >= 4 is 23.5 Å². The summed E-state index contributed by atoms with van der Waals surface area (Å²) in [6.07, 6.45) is 0. The predicted octanol–water partition coefficient (Wildman–Crippen LogP) is 5.54. The lowest BCUT2D eigenvalue weighted by Crippen LogP contribution is -1.94. The van der Waals surface area contributed by atoms with Gasteiger partial charge in [-0.25, -0.2) is 0 Å². The Hall–Kier alpha value is -0.860. The molecule has 1 heterocycles. The van der Waals surface area contributed by atoms with Crippen LogP contribution in [0.3, 0.4) is 0 Å². The fourth-order valence-electron chi connectivity index (χ4n) is 2.08. The normalized spacial score (nSPS) is 13.1. The van der Waals surface area contributed by atoms with E-state index >= 15 is 0 Å². The average Bonchev–Trinajstić information content (AvgIpc) is 2.31. The molecule has 0 atom stereocenters. The highest BCUT2D eigenvalue weighted by atomic mass is 32.2. The Balaban J connectivity index is 2.12. The highest BCUT2D eigenvalue weighted by Crippen LogP contribution is 2.49. The van der Waals surface area contributed by atoms with E-state index < -0.39 is 0 Å². The molecule has 92 valence electrons. The Labute approximate surface area is 117 Å². The first-order valence-corrected chi connectivity index (χ1v) is 7.76. The Kier molecular flexibility index (Phi) is 2.95. The van der Waals surface area contributed by atoms with E-state index in [9.17, 15) is 0 Å². The Morgan fingerprint density at radius 1 is 0.500 bits per heavy atom. The maximum Gasteiger partial charge on any atom is 0.0265 e. The van der Waals surface area contributed by atoms with E-state index in [1.165, 1.54) is 41.8 Å². The zero-order chi connectivity index (χ0) is 12.9. The quantitative estimate of drug-likeness (QED) is 0.527. The van der Waals surface area contributed by atoms with E-state index in [-0.39, 0.29) is 0 Å². The highest BCUT2D eigenvalue weighted by molar-refractivity contribution is 8.05. The number of benzene rings is 2. The molecule has 0 saturated heterocycles. The summed E-state index contributed by atoms with van der Waals surface area (Å²) in [6, 6.07) is 9.28. The second-order valence-corrected chi connectivity index (χ2v) is 7.14. The molecule has 0 amide bonds. The molecule has 0 radical (unpaired) electrons. The van der Waals surface area contributed by atoms with Crippen molar-refractivity contribution < 1.29 is 0 Å². The molecule has 2 aromatic rings. The van der Waals surface area contributed by atoms with Crippen molar-refractivity contribution in [3.8, 4) is 0 Å². The fraction of sp³-hybridized carbons (Fsp3) is 0.250. The number of fused-ring (bicyclic) bond motifs is 2. The van der Waals surface area contributed by atoms with Crippen LogP contribution in [0.15, 0.2) is 43.8 Å². The van der Waals surface area contributed by atoms with Crippen molar-refractivity contribution in [2.45, 2.75) is 47.3 Å². The van der Waals surface area contributed by atoms with Crippen LogP contribution in [0.5, 0.6) is 0 Å². The zero-order valence-electron chi connectivity index (χ0n) is 11.1. The van der Waals surface area contributed by atoms with Crippen LogP contribution in [0.4, 0.5) is 0 Å². The smallest absolute Gasteiger partial charge is 0.0265 e. The van der Waals surface area contributed by atoms with Crippen molar-refractivity contribution in [3.05, 3.63) is 46.5 Å². The van der Waals surface area contributed by atoms with Crippen molar-refractivity contribution in [2.24, 2.45) is 0 Å². The molecule has 0 aliphatic carbocycles. The van der Waals surface area contributed by atoms with Crippen LogP contribution in [0.2, 0.25) is 0 Å². The van der Waals surface area contributed by atoms with Gasteiger partial charge in [0.05, 0.1) is 0 Å². The van der Waals surface area contributed by atoms with Crippen molar-refractivity contribution in [1.82, 2.24) is 0 Å². The van der Waals surface area contributed by atoms with Gasteiger partial charge in [-0.15, -0.1) is 0 Å². The summed E-state index contributed by atoms with van der Waals surface area (Å²) in [5.41, 5.74) is 5.53. The number of hydrogen-bond donors (Lipinski definition) is 0. The van der Waals surface area contributed by atoms with Gasteiger partial charge in [-0.1, -0.05) is 23.5 Å². The minimum atomic E-state index is 1.38. The van der Waals surface area contributed by atoms with Crippen molar-refractivity contribution in [3.63, 3.8) is 0 Å². The van der Waals surface area contributed by atoms with Crippen LogP contribution in [-0.2, 0) is 0 Å². The zero-order valence-corrected chi connectivity index (χ0v) is 12.8. The minimum absolute atomic E-state index is 1.38. The molecule has 2 aromatic carbocycles. The Morgan fingerprint density at radius 2 is 0.722 bits per heavy atom. The summed E-state index contributed by atoms with van der Waals surface area (Å²) in [7, 11) is 0. The second-order valence-electron chi connectivity index (χ2n) is 4.97. The molecular weight excluding hydrogens is 256 g/mol. The molecule has 0 saturated carbocycles. The van der Waals surface area contributed by atoms with Gasteiger partial charge in [0.1, 0.15) is 0 Å². The van der Waals surface area contributed by atoms with Crippen molar-refractivity contribution in [2.75, 3.05) is 0 Å². The van der Waals surface area contributed by atoms with E-state index in [1.807, 2.05) is 23.5 Å². The van der Waals surface area contributed by atoms with E-state index in [0.29, 0.717) is 0 Å². The molecule has 0 bridgehead atoms. The molecule has 0 unspecified atom stereocenters. The number of hydrogen-bond acceptors (Lipinski definition) is 2. The first-order chi connectivity index (χ1) is 8.54. The van der Waals surface area contributed by atoms with Crippen LogP contribution in [0, 0.1) is 27.7 Å². The minimum Gasteiger partial charge on any atom is -0.0877 e. The predicted molar refractivity (Wildman–Crippen MR) is 80.1 cm³/mol. The third-order valence-corrected chi connectivity index (χ3v) is 6.05. The molecule has 2 heteroatoms. The molecule has 0 N–H and O–H groups in total. The van der Waals surface area contributed by atoms with Crippen LogP contribution < -0.4 is 0 Å². The molecule has 0 aromatic heterocycles. The van der Waals surface area contributed by atoms with Crippen LogP contribution >= 0.6 is 23.5 Å². The number of aryl methyl sites for hydroxylation is 4. The van der Waals surface area contributed by atoms with Crippen LogP contribution in [-0.4, -0.2) is 0 Å². The third-order valence-electron chi connectivity index (χ3n) is 3.56. The van der Waals surface area contributed by atoms with Gasteiger partial charge in [0.25, 0.3) is 0 Å². The Bertz CT molecular complexity index is 531. The fourth-order valence-corrected chi connectivity index (χ4v) is 4.64. The lowest BCUT2D eigenvalue weighted by molar-refractivity contribution is 1.10. The summed E-state index contributed by atoms with van der Waals surface area (Å²) in [5.74, 6) is 0. The van der Waals surface area contributed by atoms with Crippen molar-refractivity contribution in [1.29, 1.82) is 0 Å². The third kappa shape index (κ3) is 1.98. The number of rotatable bonds is 0. The van der Waals surface area contributed by atoms with E-state index in [0.717, 1.165) is 0 Å². The topological polar surface area (TPSA) is 0 Å². The van der Waals surface area contributed by atoms with Gasteiger partial charge in [-0.2, -0.15) is 0 Å². The summed E-state index contributed by atoms with van der Waals surface area (Å²) in [6.45, 7) is 8.76. The van der Waals surface area contributed by atoms with E-state index in [2.05, 4.69) is 52.0 Å². The summed E-state index contributed by atoms with van der Waals surface area (Å²) < 4.78 is 0. The van der Waals surface area contributed by atoms with Crippen LogP contribution in [0.25, 0.3) is 0 Å². The summed E-state index contributed by atoms with van der Waals surface area (Å²) >= 11 is 3.81. The van der Waals surface area contributed by atoms with E-state index in [4.69, 9.17) is 0 Å². The van der Waals surface area contributed by atoms with Gasteiger partial charge in [-0.3, -0.25) is 0 Å². The molecule has 1 aliphatic heterocycles. The molecule has 3 rings (SSSR count). The standard InChI is InChI=1S/C16H16S2/c1-9-5-13-14(6-10(9)2)18-16-8-12(4)11(3)7-15(16)17-13/h5-8H,1-4H3. The largest absolute Gasteiger partial charge is 0.0877 e.